The fraction of sp³-hybridized carbons (Fsp3) is 0.300. The highest BCUT2D eigenvalue weighted by molar-refractivity contribution is 7.47. The van der Waals surface area contributed by atoms with Crippen molar-refractivity contribution in [2.24, 2.45) is 0 Å². The van der Waals surface area contributed by atoms with Gasteiger partial charge in [0.15, 0.2) is 0 Å². The van der Waals surface area contributed by atoms with E-state index in [1.165, 1.54) is 11.3 Å². The van der Waals surface area contributed by atoms with E-state index >= 15 is 0 Å². The van der Waals surface area contributed by atoms with Crippen LogP contribution in [0, 0.1) is 0 Å². The summed E-state index contributed by atoms with van der Waals surface area (Å²) >= 11 is 0. The summed E-state index contributed by atoms with van der Waals surface area (Å²) < 4.78 is 0. The Bertz CT molecular complexity index is 656. The van der Waals surface area contributed by atoms with Crippen LogP contribution in [0.2, 0.25) is 26.2 Å². The summed E-state index contributed by atoms with van der Waals surface area (Å²) in [5.41, 5.74) is 5.09. The smallest absolute Gasteiger partial charge is 0.0784 e. The molecular formula is C20H29NSi2. The third-order valence-electron chi connectivity index (χ3n) is 5.21. The van der Waals surface area contributed by atoms with Gasteiger partial charge in [-0.15, -0.1) is 0 Å². The summed E-state index contributed by atoms with van der Waals surface area (Å²) in [6.07, 6.45) is 2.34. The van der Waals surface area contributed by atoms with Crippen molar-refractivity contribution in [1.29, 1.82) is 0 Å². The van der Waals surface area contributed by atoms with Crippen LogP contribution in [-0.2, 0) is 0 Å². The average molecular weight is 340 g/mol. The second-order valence-electron chi connectivity index (χ2n) is 7.53. The van der Waals surface area contributed by atoms with Crippen LogP contribution in [0.5, 0.6) is 0 Å². The van der Waals surface area contributed by atoms with Gasteiger partial charge in [-0.25, -0.2) is 0 Å². The lowest BCUT2D eigenvalue weighted by atomic mass is 10.2. The third kappa shape index (κ3) is 4.04. The predicted molar refractivity (Wildman–Crippen MR) is 111 cm³/mol. The van der Waals surface area contributed by atoms with Crippen LogP contribution in [0.15, 0.2) is 60.3 Å². The zero-order valence-corrected chi connectivity index (χ0v) is 17.3. The van der Waals surface area contributed by atoms with Gasteiger partial charge in [-0.1, -0.05) is 85.6 Å². The Kier molecular flexibility index (Phi) is 5.32. The Labute approximate surface area is 143 Å². The van der Waals surface area contributed by atoms with Gasteiger partial charge in [0.25, 0.3) is 0 Å². The van der Waals surface area contributed by atoms with Crippen LogP contribution < -0.4 is 10.1 Å². The molecule has 23 heavy (non-hydrogen) atoms. The molecule has 0 fully saturated rings. The van der Waals surface area contributed by atoms with E-state index in [0.717, 1.165) is 0 Å². The maximum absolute atomic E-state index is 2.54. The van der Waals surface area contributed by atoms with Gasteiger partial charge < -0.3 is 4.90 Å². The van der Waals surface area contributed by atoms with Gasteiger partial charge in [-0.3, -0.25) is 0 Å². The Morgan fingerprint density at radius 1 is 0.783 bits per heavy atom. The topological polar surface area (TPSA) is 3.24 Å². The first kappa shape index (κ1) is 17.8. The van der Waals surface area contributed by atoms with Gasteiger partial charge >= 0.3 is 0 Å². The summed E-state index contributed by atoms with van der Waals surface area (Å²) in [6.45, 7) is 10.1. The largest absolute Gasteiger partial charge is 0.378 e. The quantitative estimate of drug-likeness (QED) is 0.713. The molecule has 0 heterocycles. The molecule has 0 radical (unpaired) electrons. The molecule has 0 N–H and O–H groups in total. The molecule has 122 valence electrons. The molecule has 0 saturated heterocycles. The first-order valence-corrected chi connectivity index (χ1v) is 15.3. The highest BCUT2D eigenvalue weighted by atomic mass is 29.3. The predicted octanol–water partition coefficient (Wildman–Crippen LogP) is 4.71. The molecule has 0 spiro atoms. The van der Waals surface area contributed by atoms with Crippen LogP contribution in [0.4, 0.5) is 5.69 Å². The monoisotopic (exact) mass is 339 g/mol. The number of anilines is 1. The van der Waals surface area contributed by atoms with Crippen molar-refractivity contribution in [3.05, 3.63) is 65.9 Å². The van der Waals surface area contributed by atoms with Crippen LogP contribution in [0.1, 0.15) is 5.56 Å². The van der Waals surface area contributed by atoms with Crippen molar-refractivity contribution < 1.29 is 0 Å². The normalized spacial score (nSPS) is 12.6. The molecule has 0 aromatic heterocycles. The van der Waals surface area contributed by atoms with Gasteiger partial charge in [-0.2, -0.15) is 0 Å². The Morgan fingerprint density at radius 2 is 1.35 bits per heavy atom. The molecule has 0 bridgehead atoms. The van der Waals surface area contributed by atoms with Gasteiger partial charge in [0.1, 0.15) is 0 Å². The number of nitrogens with zero attached hydrogens (tertiary/aromatic N) is 1. The molecule has 2 rings (SSSR count). The fourth-order valence-corrected chi connectivity index (χ4v) is 9.65. The Hall–Kier alpha value is -1.59. The molecule has 0 aliphatic carbocycles. The highest BCUT2D eigenvalue weighted by Crippen LogP contribution is 2.22. The summed E-state index contributed by atoms with van der Waals surface area (Å²) in [6, 6.07) is 19.9. The minimum atomic E-state index is -1.45. The van der Waals surface area contributed by atoms with Crippen molar-refractivity contribution in [3.8, 4) is 0 Å². The van der Waals surface area contributed by atoms with E-state index in [4.69, 9.17) is 0 Å². The SMILES string of the molecule is CN(C)c1ccc(/C=C\[Si](C)(C)[Si](C)(C)c2ccccc2)cc1. The van der Waals surface area contributed by atoms with Crippen molar-refractivity contribution in [2.45, 2.75) is 26.2 Å². The molecule has 2 aromatic carbocycles. The van der Waals surface area contributed by atoms with E-state index in [0.29, 0.717) is 0 Å². The van der Waals surface area contributed by atoms with E-state index in [-0.39, 0.29) is 0 Å². The van der Waals surface area contributed by atoms with E-state index in [9.17, 15) is 0 Å². The standard InChI is InChI=1S/C20H29NSi2/c1-21(2)19-14-12-18(13-15-19)16-17-22(3,4)23(5,6)20-10-8-7-9-11-20/h7-17H,1-6H3/b17-16-. The van der Waals surface area contributed by atoms with Gasteiger partial charge in [-0.05, 0) is 17.7 Å². The Morgan fingerprint density at radius 3 is 1.87 bits per heavy atom. The summed E-state index contributed by atoms with van der Waals surface area (Å²) in [5.74, 6) is 0. The van der Waals surface area contributed by atoms with Crippen LogP contribution in [0.25, 0.3) is 6.08 Å². The van der Waals surface area contributed by atoms with Crippen LogP contribution in [-0.4, -0.2) is 29.3 Å². The zero-order chi connectivity index (χ0) is 17.1. The maximum Gasteiger partial charge on any atom is 0.0784 e. The second-order valence-corrected chi connectivity index (χ2v) is 22.8. The number of rotatable bonds is 5. The lowest BCUT2D eigenvalue weighted by molar-refractivity contribution is 1.13. The molecule has 0 unspecified atom stereocenters. The van der Waals surface area contributed by atoms with Crippen LogP contribution >= 0.6 is 0 Å². The average Bonchev–Trinajstić information content (AvgIpc) is 2.54. The number of benzene rings is 2. The minimum Gasteiger partial charge on any atom is -0.378 e. The highest BCUT2D eigenvalue weighted by Gasteiger charge is 2.40. The molecule has 0 aliphatic rings. The van der Waals surface area contributed by atoms with E-state index < -0.39 is 15.2 Å². The number of hydrogen-bond acceptors (Lipinski definition) is 1. The van der Waals surface area contributed by atoms with Crippen molar-refractivity contribution >= 4 is 32.1 Å². The molecule has 0 amide bonds. The lowest BCUT2D eigenvalue weighted by Crippen LogP contribution is -2.61. The van der Waals surface area contributed by atoms with E-state index in [1.807, 2.05) is 0 Å². The first-order chi connectivity index (χ1) is 10.7. The van der Waals surface area contributed by atoms with E-state index in [2.05, 4.69) is 112 Å². The fourth-order valence-electron chi connectivity index (χ4n) is 2.62. The third-order valence-corrected chi connectivity index (χ3v) is 22.2. The molecule has 0 atom stereocenters. The minimum absolute atomic E-state index is 1.25. The molecule has 1 nitrogen and oxygen atoms in total. The lowest BCUT2D eigenvalue weighted by Gasteiger charge is -2.36. The Balaban J connectivity index is 2.22. The zero-order valence-electron chi connectivity index (χ0n) is 15.3. The molecule has 0 aliphatic heterocycles. The van der Waals surface area contributed by atoms with Crippen molar-refractivity contribution in [1.82, 2.24) is 0 Å². The van der Waals surface area contributed by atoms with Gasteiger partial charge in [0, 0.05) is 19.8 Å². The molecule has 0 saturated carbocycles. The molecular weight excluding hydrogens is 310 g/mol. The van der Waals surface area contributed by atoms with Gasteiger partial charge in [0.2, 0.25) is 0 Å². The van der Waals surface area contributed by atoms with Gasteiger partial charge in [0.05, 0.1) is 15.2 Å². The number of hydrogen-bond donors (Lipinski definition) is 0. The summed E-state index contributed by atoms with van der Waals surface area (Å²) in [7, 11) is 1.27. The van der Waals surface area contributed by atoms with Crippen molar-refractivity contribution in [2.75, 3.05) is 19.0 Å². The molecule has 2 aromatic rings. The molecule has 3 heteroatoms. The first-order valence-electron chi connectivity index (χ1n) is 8.26. The second kappa shape index (κ2) is 6.89. The van der Waals surface area contributed by atoms with Crippen LogP contribution in [0.3, 0.4) is 0 Å². The maximum atomic E-state index is 2.54. The summed E-state index contributed by atoms with van der Waals surface area (Å²) in [5, 5.41) is 1.57. The van der Waals surface area contributed by atoms with E-state index in [1.54, 1.807) is 5.19 Å². The van der Waals surface area contributed by atoms with Crippen molar-refractivity contribution in [3.63, 3.8) is 0 Å². The summed E-state index contributed by atoms with van der Waals surface area (Å²) in [4.78, 5) is 2.14.